The summed E-state index contributed by atoms with van der Waals surface area (Å²) in [5.74, 6) is 1.73. The Kier molecular flexibility index (Phi) is 6.27. The van der Waals surface area contributed by atoms with E-state index in [1.54, 1.807) is 0 Å². The van der Waals surface area contributed by atoms with E-state index in [-0.39, 0.29) is 11.7 Å². The molecule has 3 aromatic rings. The molecule has 0 spiro atoms. The van der Waals surface area contributed by atoms with Gasteiger partial charge in [0.2, 0.25) is 11.1 Å². The SMILES string of the molecule is CCc1nc(SCC(=O)Nc2ccc(OCc3ccccc3)cc2)n[nH]1. The number of anilines is 1. The van der Waals surface area contributed by atoms with E-state index in [1.165, 1.54) is 11.8 Å². The Balaban J connectivity index is 1.45. The molecule has 7 heteroatoms. The molecule has 1 amide bonds. The number of amides is 1. The third-order valence-corrected chi connectivity index (χ3v) is 4.41. The number of aromatic nitrogens is 3. The summed E-state index contributed by atoms with van der Waals surface area (Å²) in [4.78, 5) is 16.3. The summed E-state index contributed by atoms with van der Waals surface area (Å²) in [6, 6.07) is 17.3. The molecule has 134 valence electrons. The number of aryl methyl sites for hydroxylation is 1. The Morgan fingerprint density at radius 3 is 2.62 bits per heavy atom. The topological polar surface area (TPSA) is 79.9 Å². The fraction of sp³-hybridized carbons (Fsp3) is 0.211. The minimum atomic E-state index is -0.101. The van der Waals surface area contributed by atoms with Gasteiger partial charge >= 0.3 is 0 Å². The molecule has 0 aliphatic rings. The lowest BCUT2D eigenvalue weighted by Gasteiger charge is -2.08. The van der Waals surface area contributed by atoms with Crippen molar-refractivity contribution in [2.75, 3.05) is 11.1 Å². The number of carbonyl (C=O) groups is 1. The van der Waals surface area contributed by atoms with Crippen molar-refractivity contribution < 1.29 is 9.53 Å². The van der Waals surface area contributed by atoms with Gasteiger partial charge < -0.3 is 10.1 Å². The number of H-pyrrole nitrogens is 1. The van der Waals surface area contributed by atoms with Gasteiger partial charge in [0.05, 0.1) is 5.75 Å². The number of benzene rings is 2. The maximum atomic E-state index is 12.0. The first-order chi connectivity index (χ1) is 12.7. The number of hydrogen-bond acceptors (Lipinski definition) is 5. The van der Waals surface area contributed by atoms with E-state index in [4.69, 9.17) is 4.74 Å². The van der Waals surface area contributed by atoms with Crippen molar-refractivity contribution in [3.8, 4) is 5.75 Å². The highest BCUT2D eigenvalue weighted by molar-refractivity contribution is 7.99. The standard InChI is InChI=1S/C19H20N4O2S/c1-2-17-21-19(23-22-17)26-13-18(24)20-15-8-10-16(11-9-15)25-12-14-6-4-3-5-7-14/h3-11H,2,12-13H2,1H3,(H,20,24)(H,21,22,23). The highest BCUT2D eigenvalue weighted by Gasteiger charge is 2.07. The van der Waals surface area contributed by atoms with Gasteiger partial charge in [0.1, 0.15) is 18.2 Å². The lowest BCUT2D eigenvalue weighted by Crippen LogP contribution is -2.14. The third-order valence-electron chi connectivity index (χ3n) is 3.56. The molecule has 0 saturated carbocycles. The van der Waals surface area contributed by atoms with Crippen LogP contribution in [0.3, 0.4) is 0 Å². The normalized spacial score (nSPS) is 10.5. The molecule has 1 aromatic heterocycles. The summed E-state index contributed by atoms with van der Waals surface area (Å²) in [7, 11) is 0. The number of nitrogens with one attached hydrogen (secondary N) is 2. The first kappa shape index (κ1) is 18.0. The Morgan fingerprint density at radius 2 is 1.92 bits per heavy atom. The highest BCUT2D eigenvalue weighted by Crippen LogP contribution is 2.18. The molecule has 2 N–H and O–H groups in total. The van der Waals surface area contributed by atoms with Gasteiger partial charge in [0.15, 0.2) is 0 Å². The summed E-state index contributed by atoms with van der Waals surface area (Å²) >= 11 is 1.30. The number of aromatic amines is 1. The summed E-state index contributed by atoms with van der Waals surface area (Å²) in [5.41, 5.74) is 1.84. The van der Waals surface area contributed by atoms with Crippen molar-refractivity contribution in [3.63, 3.8) is 0 Å². The highest BCUT2D eigenvalue weighted by atomic mass is 32.2. The minimum Gasteiger partial charge on any atom is -0.489 e. The van der Waals surface area contributed by atoms with Crippen LogP contribution in [-0.4, -0.2) is 26.8 Å². The van der Waals surface area contributed by atoms with E-state index in [0.29, 0.717) is 11.8 Å². The average molecular weight is 368 g/mol. The van der Waals surface area contributed by atoms with E-state index < -0.39 is 0 Å². The molecular weight excluding hydrogens is 348 g/mol. The largest absolute Gasteiger partial charge is 0.489 e. The van der Waals surface area contributed by atoms with Crippen LogP contribution in [0.25, 0.3) is 0 Å². The van der Waals surface area contributed by atoms with E-state index in [2.05, 4.69) is 20.5 Å². The van der Waals surface area contributed by atoms with Crippen LogP contribution in [0.5, 0.6) is 5.75 Å². The maximum Gasteiger partial charge on any atom is 0.234 e. The Bertz CT molecular complexity index is 834. The van der Waals surface area contributed by atoms with Crippen LogP contribution in [0.1, 0.15) is 18.3 Å². The minimum absolute atomic E-state index is 0.101. The molecule has 1 heterocycles. The number of thioether (sulfide) groups is 1. The first-order valence-electron chi connectivity index (χ1n) is 8.33. The number of nitrogens with zero attached hydrogens (tertiary/aromatic N) is 2. The Labute approximate surface area is 156 Å². The lowest BCUT2D eigenvalue weighted by atomic mass is 10.2. The fourth-order valence-electron chi connectivity index (χ4n) is 2.20. The molecule has 0 atom stereocenters. The van der Waals surface area contributed by atoms with Gasteiger partial charge in [0.25, 0.3) is 0 Å². The second-order valence-corrected chi connectivity index (χ2v) is 6.50. The van der Waals surface area contributed by atoms with Crippen LogP contribution in [0.4, 0.5) is 5.69 Å². The van der Waals surface area contributed by atoms with Gasteiger partial charge in [-0.25, -0.2) is 4.98 Å². The zero-order valence-electron chi connectivity index (χ0n) is 14.4. The van der Waals surface area contributed by atoms with Gasteiger partial charge in [-0.05, 0) is 29.8 Å². The van der Waals surface area contributed by atoms with Gasteiger partial charge in [-0.2, -0.15) is 0 Å². The fourth-order valence-corrected chi connectivity index (χ4v) is 2.82. The summed E-state index contributed by atoms with van der Waals surface area (Å²) in [6.07, 6.45) is 0.790. The zero-order chi connectivity index (χ0) is 18.2. The molecule has 0 fully saturated rings. The molecular formula is C19H20N4O2S. The Hall–Kier alpha value is -2.80. The first-order valence-corrected chi connectivity index (χ1v) is 9.32. The van der Waals surface area contributed by atoms with Crippen molar-refractivity contribution in [2.24, 2.45) is 0 Å². The van der Waals surface area contributed by atoms with Crippen LogP contribution >= 0.6 is 11.8 Å². The number of hydrogen-bond donors (Lipinski definition) is 2. The summed E-state index contributed by atoms with van der Waals surface area (Å²) < 4.78 is 5.73. The molecule has 0 aliphatic carbocycles. The molecule has 0 bridgehead atoms. The van der Waals surface area contributed by atoms with Crippen LogP contribution in [-0.2, 0) is 17.8 Å². The van der Waals surface area contributed by atoms with Crippen LogP contribution < -0.4 is 10.1 Å². The summed E-state index contributed by atoms with van der Waals surface area (Å²) in [5, 5.41) is 10.3. The van der Waals surface area contributed by atoms with Crippen molar-refractivity contribution in [1.82, 2.24) is 15.2 Å². The Morgan fingerprint density at radius 1 is 1.15 bits per heavy atom. The van der Waals surface area contributed by atoms with E-state index in [9.17, 15) is 4.79 Å². The molecule has 0 radical (unpaired) electrons. The summed E-state index contributed by atoms with van der Waals surface area (Å²) in [6.45, 7) is 2.51. The van der Waals surface area contributed by atoms with Gasteiger partial charge in [-0.1, -0.05) is 49.0 Å². The third kappa shape index (κ3) is 5.35. The quantitative estimate of drug-likeness (QED) is 0.593. The van der Waals surface area contributed by atoms with E-state index in [1.807, 2.05) is 61.5 Å². The predicted molar refractivity (Wildman–Crippen MR) is 102 cm³/mol. The smallest absolute Gasteiger partial charge is 0.234 e. The monoisotopic (exact) mass is 368 g/mol. The number of ether oxygens (including phenoxy) is 1. The second kappa shape index (κ2) is 9.05. The van der Waals surface area contributed by atoms with Crippen LogP contribution in [0.15, 0.2) is 59.8 Å². The molecule has 3 rings (SSSR count). The molecule has 6 nitrogen and oxygen atoms in total. The van der Waals surface area contributed by atoms with E-state index in [0.717, 1.165) is 29.2 Å². The van der Waals surface area contributed by atoms with Crippen LogP contribution in [0.2, 0.25) is 0 Å². The second-order valence-electron chi connectivity index (χ2n) is 5.55. The van der Waals surface area contributed by atoms with Crippen LogP contribution in [0, 0.1) is 0 Å². The molecule has 26 heavy (non-hydrogen) atoms. The van der Waals surface area contributed by atoms with Crippen molar-refractivity contribution in [1.29, 1.82) is 0 Å². The van der Waals surface area contributed by atoms with Gasteiger partial charge in [-0.15, -0.1) is 5.10 Å². The molecule has 0 saturated heterocycles. The molecule has 0 unspecified atom stereocenters. The number of rotatable bonds is 8. The van der Waals surface area contributed by atoms with Crippen molar-refractivity contribution in [3.05, 3.63) is 66.0 Å². The zero-order valence-corrected chi connectivity index (χ0v) is 15.3. The number of carbonyl (C=O) groups excluding carboxylic acids is 1. The lowest BCUT2D eigenvalue weighted by molar-refractivity contribution is -0.113. The van der Waals surface area contributed by atoms with Gasteiger partial charge in [0, 0.05) is 12.1 Å². The predicted octanol–water partition coefficient (Wildman–Crippen LogP) is 3.68. The van der Waals surface area contributed by atoms with Crippen molar-refractivity contribution >= 4 is 23.4 Å². The van der Waals surface area contributed by atoms with Gasteiger partial charge in [-0.3, -0.25) is 9.89 Å². The van der Waals surface area contributed by atoms with E-state index >= 15 is 0 Å². The average Bonchev–Trinajstić information content (AvgIpc) is 3.15. The van der Waals surface area contributed by atoms with Crippen molar-refractivity contribution in [2.45, 2.75) is 25.1 Å². The molecule has 2 aromatic carbocycles. The molecule has 0 aliphatic heterocycles. The maximum absolute atomic E-state index is 12.0.